The molecule has 1 fully saturated rings. The molecule has 0 aromatic carbocycles. The van der Waals surface area contributed by atoms with Gasteiger partial charge in [-0.3, -0.25) is 14.6 Å². The average molecular weight is 348 g/mol. The minimum absolute atomic E-state index is 0.00997. The summed E-state index contributed by atoms with van der Waals surface area (Å²) in [5.74, 6) is -0.485. The highest BCUT2D eigenvalue weighted by atomic mass is 16.6. The minimum atomic E-state index is -0.361. The first-order valence-corrected chi connectivity index (χ1v) is 8.40. The predicted octanol–water partition coefficient (Wildman–Crippen LogP) is 1.13. The molecule has 1 aromatic heterocycles. The van der Waals surface area contributed by atoms with E-state index in [2.05, 4.69) is 10.3 Å². The second-order valence-electron chi connectivity index (χ2n) is 6.04. The highest BCUT2D eigenvalue weighted by Gasteiger charge is 2.26. The van der Waals surface area contributed by atoms with Crippen LogP contribution in [-0.4, -0.2) is 71.5 Å². The Kier molecular flexibility index (Phi) is 6.32. The molecule has 25 heavy (non-hydrogen) atoms. The maximum absolute atomic E-state index is 12.6. The molecule has 8 heteroatoms. The maximum Gasteiger partial charge on any atom is 0.409 e. The van der Waals surface area contributed by atoms with E-state index < -0.39 is 0 Å². The number of rotatable bonds is 4. The molecule has 1 aliphatic rings. The van der Waals surface area contributed by atoms with E-state index >= 15 is 0 Å². The van der Waals surface area contributed by atoms with Crippen molar-refractivity contribution in [2.75, 3.05) is 32.8 Å². The fraction of sp³-hybridized carbons (Fsp3) is 0.529. The molecule has 0 bridgehead atoms. The van der Waals surface area contributed by atoms with Gasteiger partial charge in [0.05, 0.1) is 6.61 Å². The summed E-state index contributed by atoms with van der Waals surface area (Å²) in [5, 5.41) is 2.79. The Hall–Kier alpha value is -2.64. The van der Waals surface area contributed by atoms with Crippen molar-refractivity contribution in [1.82, 2.24) is 20.1 Å². The van der Waals surface area contributed by atoms with Crippen molar-refractivity contribution in [3.05, 3.63) is 29.6 Å². The number of aromatic nitrogens is 1. The quantitative estimate of drug-likeness (QED) is 0.881. The monoisotopic (exact) mass is 348 g/mol. The van der Waals surface area contributed by atoms with Crippen LogP contribution < -0.4 is 5.32 Å². The van der Waals surface area contributed by atoms with Crippen molar-refractivity contribution in [3.8, 4) is 0 Å². The summed E-state index contributed by atoms with van der Waals surface area (Å²) < 4.78 is 4.96. The van der Waals surface area contributed by atoms with E-state index in [1.165, 1.54) is 12.3 Å². The number of nitrogens with zero attached hydrogens (tertiary/aromatic N) is 3. The van der Waals surface area contributed by atoms with Crippen LogP contribution in [0, 0.1) is 0 Å². The minimum Gasteiger partial charge on any atom is -0.450 e. The van der Waals surface area contributed by atoms with Crippen molar-refractivity contribution < 1.29 is 19.1 Å². The van der Waals surface area contributed by atoms with E-state index in [0.717, 1.165) is 0 Å². The SMILES string of the molecule is CCOC(=O)N1CCN(C(=O)c2cc(C(=O)NC(C)C)ccn2)CC1. The molecule has 1 aromatic rings. The third-order valence-electron chi connectivity index (χ3n) is 3.75. The van der Waals surface area contributed by atoms with Gasteiger partial charge >= 0.3 is 6.09 Å². The number of nitrogens with one attached hydrogen (secondary N) is 1. The van der Waals surface area contributed by atoms with E-state index in [4.69, 9.17) is 4.74 Å². The molecule has 1 N–H and O–H groups in total. The van der Waals surface area contributed by atoms with E-state index in [0.29, 0.717) is 38.3 Å². The van der Waals surface area contributed by atoms with Crippen LogP contribution in [0.3, 0.4) is 0 Å². The Labute approximate surface area is 147 Å². The van der Waals surface area contributed by atoms with Crippen LogP contribution in [-0.2, 0) is 4.74 Å². The Bertz CT molecular complexity index is 639. The lowest BCUT2D eigenvalue weighted by molar-refractivity contribution is 0.0566. The first-order chi connectivity index (χ1) is 11.9. The van der Waals surface area contributed by atoms with Crippen molar-refractivity contribution in [2.45, 2.75) is 26.8 Å². The molecule has 0 atom stereocenters. The van der Waals surface area contributed by atoms with Gasteiger partial charge in [0.2, 0.25) is 0 Å². The molecule has 1 saturated heterocycles. The lowest BCUT2D eigenvalue weighted by Gasteiger charge is -2.33. The molecule has 2 rings (SSSR count). The van der Waals surface area contributed by atoms with E-state index in [-0.39, 0.29) is 29.6 Å². The van der Waals surface area contributed by atoms with E-state index in [1.807, 2.05) is 13.8 Å². The molecule has 8 nitrogen and oxygen atoms in total. The predicted molar refractivity (Wildman–Crippen MR) is 91.3 cm³/mol. The number of pyridine rings is 1. The van der Waals surface area contributed by atoms with Crippen LogP contribution >= 0.6 is 0 Å². The molecule has 2 heterocycles. The zero-order valence-corrected chi connectivity index (χ0v) is 14.8. The van der Waals surface area contributed by atoms with E-state index in [9.17, 15) is 14.4 Å². The van der Waals surface area contributed by atoms with Gasteiger partial charge in [-0.25, -0.2) is 4.79 Å². The fourth-order valence-corrected chi connectivity index (χ4v) is 2.50. The van der Waals surface area contributed by atoms with Crippen molar-refractivity contribution in [3.63, 3.8) is 0 Å². The summed E-state index contributed by atoms with van der Waals surface area (Å²) in [4.78, 5) is 43.6. The second-order valence-corrected chi connectivity index (χ2v) is 6.04. The van der Waals surface area contributed by atoms with Gasteiger partial charge in [-0.2, -0.15) is 0 Å². The number of carbonyl (C=O) groups is 3. The smallest absolute Gasteiger partial charge is 0.409 e. The molecular formula is C17H24N4O4. The lowest BCUT2D eigenvalue weighted by atomic mass is 10.2. The van der Waals surface area contributed by atoms with Crippen molar-refractivity contribution >= 4 is 17.9 Å². The van der Waals surface area contributed by atoms with Gasteiger partial charge in [-0.15, -0.1) is 0 Å². The molecule has 1 aliphatic heterocycles. The normalized spacial score (nSPS) is 14.4. The van der Waals surface area contributed by atoms with E-state index in [1.54, 1.807) is 22.8 Å². The van der Waals surface area contributed by atoms with Gasteiger partial charge in [0.25, 0.3) is 11.8 Å². The molecular weight excluding hydrogens is 324 g/mol. The van der Waals surface area contributed by atoms with Crippen LogP contribution in [0.5, 0.6) is 0 Å². The van der Waals surface area contributed by atoms with Gasteiger partial charge < -0.3 is 19.9 Å². The number of amides is 3. The summed E-state index contributed by atoms with van der Waals surface area (Å²) >= 11 is 0. The number of carbonyl (C=O) groups excluding carboxylic acids is 3. The third-order valence-corrected chi connectivity index (χ3v) is 3.75. The third kappa shape index (κ3) is 4.91. The maximum atomic E-state index is 12.6. The van der Waals surface area contributed by atoms with Crippen LogP contribution in [0.4, 0.5) is 4.79 Å². The molecule has 0 aliphatic carbocycles. The number of ether oxygens (including phenoxy) is 1. The molecule has 0 saturated carbocycles. The molecule has 136 valence electrons. The van der Waals surface area contributed by atoms with Crippen LogP contribution in [0.2, 0.25) is 0 Å². The largest absolute Gasteiger partial charge is 0.450 e. The Balaban J connectivity index is 2.00. The topological polar surface area (TPSA) is 91.8 Å². The lowest BCUT2D eigenvalue weighted by Crippen LogP contribution is -2.50. The number of hydrogen-bond donors (Lipinski definition) is 1. The summed E-state index contributed by atoms with van der Waals surface area (Å²) in [6.07, 6.45) is 1.09. The standard InChI is InChI=1S/C17H24N4O4/c1-4-25-17(24)21-9-7-20(8-10-21)16(23)14-11-13(5-6-18-14)15(22)19-12(2)3/h5-6,11-12H,4,7-10H2,1-3H3,(H,19,22). The van der Waals surface area contributed by atoms with Gasteiger partial charge in [0.1, 0.15) is 5.69 Å². The van der Waals surface area contributed by atoms with Gasteiger partial charge in [0, 0.05) is 44.0 Å². The van der Waals surface area contributed by atoms with Gasteiger partial charge in [-0.1, -0.05) is 0 Å². The van der Waals surface area contributed by atoms with Crippen molar-refractivity contribution in [1.29, 1.82) is 0 Å². The number of piperazine rings is 1. The fourth-order valence-electron chi connectivity index (χ4n) is 2.50. The first-order valence-electron chi connectivity index (χ1n) is 8.40. The summed E-state index contributed by atoms with van der Waals surface area (Å²) in [6.45, 7) is 7.46. The summed E-state index contributed by atoms with van der Waals surface area (Å²) in [6, 6.07) is 3.08. The summed E-state index contributed by atoms with van der Waals surface area (Å²) in [7, 11) is 0. The Morgan fingerprint density at radius 2 is 1.84 bits per heavy atom. The van der Waals surface area contributed by atoms with Crippen LogP contribution in [0.25, 0.3) is 0 Å². The van der Waals surface area contributed by atoms with Crippen LogP contribution in [0.15, 0.2) is 18.3 Å². The van der Waals surface area contributed by atoms with Crippen LogP contribution in [0.1, 0.15) is 41.6 Å². The molecule has 3 amide bonds. The van der Waals surface area contributed by atoms with Gasteiger partial charge in [0.15, 0.2) is 0 Å². The highest BCUT2D eigenvalue weighted by Crippen LogP contribution is 2.10. The van der Waals surface area contributed by atoms with Gasteiger partial charge in [-0.05, 0) is 32.9 Å². The molecule has 0 radical (unpaired) electrons. The second kappa shape index (κ2) is 8.46. The first kappa shape index (κ1) is 18.7. The Morgan fingerprint density at radius 1 is 1.20 bits per heavy atom. The highest BCUT2D eigenvalue weighted by molar-refractivity contribution is 5.98. The zero-order chi connectivity index (χ0) is 18.4. The number of hydrogen-bond acceptors (Lipinski definition) is 5. The summed E-state index contributed by atoms with van der Waals surface area (Å²) in [5.41, 5.74) is 0.623. The molecule has 0 unspecified atom stereocenters. The Morgan fingerprint density at radius 3 is 2.44 bits per heavy atom. The average Bonchev–Trinajstić information content (AvgIpc) is 2.61. The molecule has 0 spiro atoms. The van der Waals surface area contributed by atoms with Crippen molar-refractivity contribution in [2.24, 2.45) is 0 Å². The zero-order valence-electron chi connectivity index (χ0n) is 14.8.